The average molecular weight is 436 g/mol. The lowest BCUT2D eigenvalue weighted by Crippen LogP contribution is -2.24. The molecule has 1 unspecified atom stereocenters. The van der Waals surface area contributed by atoms with E-state index in [0.717, 1.165) is 32.6 Å². The third-order valence-corrected chi connectivity index (χ3v) is 5.10. The molecule has 0 saturated carbocycles. The fourth-order valence-corrected chi connectivity index (χ4v) is 3.81. The van der Waals surface area contributed by atoms with Gasteiger partial charge in [0, 0.05) is 29.0 Å². The Hall–Kier alpha value is -0.360. The highest BCUT2D eigenvalue weighted by Crippen LogP contribution is 2.29. The van der Waals surface area contributed by atoms with Gasteiger partial charge in [-0.15, -0.1) is 0 Å². The van der Waals surface area contributed by atoms with Crippen LogP contribution >= 0.6 is 43.5 Å². The molecule has 6 heteroatoms. The van der Waals surface area contributed by atoms with Crippen molar-refractivity contribution < 1.29 is 0 Å². The van der Waals surface area contributed by atoms with Crippen LogP contribution in [0, 0.1) is 6.92 Å². The molecule has 1 heterocycles. The Bertz CT molecular complexity index is 620. The third kappa shape index (κ3) is 4.09. The smallest absolute Gasteiger partial charge is 0.0738 e. The van der Waals surface area contributed by atoms with Gasteiger partial charge in [-0.25, -0.2) is 0 Å². The van der Waals surface area contributed by atoms with Crippen LogP contribution in [0.5, 0.6) is 0 Å². The molecule has 1 N–H and O–H groups in total. The molecule has 0 aliphatic carbocycles. The maximum atomic E-state index is 6.18. The minimum Gasteiger partial charge on any atom is -0.310 e. The van der Waals surface area contributed by atoms with E-state index in [4.69, 9.17) is 11.6 Å². The minimum absolute atomic E-state index is 0.191. The summed E-state index contributed by atoms with van der Waals surface area (Å²) in [7, 11) is 1.98. The van der Waals surface area contributed by atoms with Crippen LogP contribution in [0.25, 0.3) is 0 Å². The molecule has 21 heavy (non-hydrogen) atoms. The van der Waals surface area contributed by atoms with Gasteiger partial charge in [0.25, 0.3) is 0 Å². The van der Waals surface area contributed by atoms with Gasteiger partial charge in [0.05, 0.1) is 15.9 Å². The average Bonchev–Trinajstić information content (AvgIpc) is 2.63. The van der Waals surface area contributed by atoms with Gasteiger partial charge >= 0.3 is 0 Å². The lowest BCUT2D eigenvalue weighted by Gasteiger charge is -2.19. The van der Waals surface area contributed by atoms with E-state index < -0.39 is 0 Å². The molecule has 0 saturated heterocycles. The Kier molecular flexibility index (Phi) is 5.88. The first-order valence-electron chi connectivity index (χ1n) is 6.79. The number of halogens is 3. The van der Waals surface area contributed by atoms with Gasteiger partial charge in [0.1, 0.15) is 0 Å². The number of likely N-dealkylation sites (N-methyl/N-ethyl adjacent to an activating group) is 1. The van der Waals surface area contributed by atoms with Crippen LogP contribution in [0.4, 0.5) is 0 Å². The van der Waals surface area contributed by atoms with Crippen molar-refractivity contribution in [3.8, 4) is 0 Å². The summed E-state index contributed by atoms with van der Waals surface area (Å²) in [5, 5.41) is 8.72. The lowest BCUT2D eigenvalue weighted by atomic mass is 10.0. The molecule has 2 rings (SSSR count). The summed E-state index contributed by atoms with van der Waals surface area (Å²) in [5.41, 5.74) is 3.35. The summed E-state index contributed by atoms with van der Waals surface area (Å²) < 4.78 is 4.01. The summed E-state index contributed by atoms with van der Waals surface area (Å²) in [5.74, 6) is 0. The molecule has 0 radical (unpaired) electrons. The Balaban J connectivity index is 2.35. The van der Waals surface area contributed by atoms with Crippen molar-refractivity contribution in [3.05, 3.63) is 49.1 Å². The molecule has 0 aliphatic heterocycles. The monoisotopic (exact) mass is 433 g/mol. The van der Waals surface area contributed by atoms with E-state index in [0.29, 0.717) is 0 Å². The topological polar surface area (TPSA) is 29.9 Å². The SMILES string of the molecule is CCNC(Cc1c(Br)c(C)nn1C)c1cc(Cl)cc(Br)c1. The number of aryl methyl sites for hydroxylation is 2. The summed E-state index contributed by atoms with van der Waals surface area (Å²) in [6.45, 7) is 5.01. The van der Waals surface area contributed by atoms with Gasteiger partial charge in [0.2, 0.25) is 0 Å². The van der Waals surface area contributed by atoms with E-state index >= 15 is 0 Å². The van der Waals surface area contributed by atoms with Gasteiger partial charge < -0.3 is 5.32 Å². The zero-order valence-electron chi connectivity index (χ0n) is 12.3. The normalized spacial score (nSPS) is 12.7. The van der Waals surface area contributed by atoms with Crippen LogP contribution in [-0.4, -0.2) is 16.3 Å². The van der Waals surface area contributed by atoms with Gasteiger partial charge in [-0.05, 0) is 53.2 Å². The van der Waals surface area contributed by atoms with Crippen molar-refractivity contribution in [2.24, 2.45) is 7.05 Å². The second-order valence-electron chi connectivity index (χ2n) is 4.99. The van der Waals surface area contributed by atoms with Gasteiger partial charge in [-0.1, -0.05) is 34.5 Å². The van der Waals surface area contributed by atoms with E-state index in [1.807, 2.05) is 30.8 Å². The number of nitrogens with one attached hydrogen (secondary N) is 1. The highest BCUT2D eigenvalue weighted by molar-refractivity contribution is 9.10. The molecule has 0 bridgehead atoms. The molecule has 1 atom stereocenters. The van der Waals surface area contributed by atoms with E-state index in [9.17, 15) is 0 Å². The zero-order valence-corrected chi connectivity index (χ0v) is 16.2. The summed E-state index contributed by atoms with van der Waals surface area (Å²) >= 11 is 13.3. The second-order valence-corrected chi connectivity index (χ2v) is 7.13. The van der Waals surface area contributed by atoms with Crippen molar-refractivity contribution in [1.29, 1.82) is 0 Å². The standard InChI is InChI=1S/C15H18Br2ClN3/c1-4-19-13(10-5-11(16)7-12(18)6-10)8-14-15(17)9(2)20-21(14)3/h5-7,13,19H,4,8H2,1-3H3. The van der Waals surface area contributed by atoms with Crippen LogP contribution in [-0.2, 0) is 13.5 Å². The molecule has 0 aliphatic rings. The lowest BCUT2D eigenvalue weighted by molar-refractivity contribution is 0.527. The molecule has 1 aromatic carbocycles. The second kappa shape index (κ2) is 7.27. The maximum Gasteiger partial charge on any atom is 0.0738 e. The minimum atomic E-state index is 0.191. The predicted molar refractivity (Wildman–Crippen MR) is 94.9 cm³/mol. The van der Waals surface area contributed by atoms with E-state index in [-0.39, 0.29) is 6.04 Å². The van der Waals surface area contributed by atoms with Gasteiger partial charge in [-0.2, -0.15) is 5.10 Å². The number of benzene rings is 1. The Labute approximate surface area is 147 Å². The van der Waals surface area contributed by atoms with E-state index in [1.165, 1.54) is 11.3 Å². The Morgan fingerprint density at radius 3 is 2.57 bits per heavy atom. The largest absolute Gasteiger partial charge is 0.310 e. The quantitative estimate of drug-likeness (QED) is 0.731. The van der Waals surface area contributed by atoms with Crippen molar-refractivity contribution in [2.75, 3.05) is 6.54 Å². The fourth-order valence-electron chi connectivity index (χ4n) is 2.43. The van der Waals surface area contributed by atoms with Crippen LogP contribution in [0.3, 0.4) is 0 Å². The highest BCUT2D eigenvalue weighted by Gasteiger charge is 2.18. The summed E-state index contributed by atoms with van der Waals surface area (Å²) in [6, 6.07) is 6.21. The van der Waals surface area contributed by atoms with Crippen LogP contribution in [0.1, 0.15) is 29.9 Å². The van der Waals surface area contributed by atoms with Crippen LogP contribution in [0.15, 0.2) is 27.1 Å². The number of nitrogens with zero attached hydrogens (tertiary/aromatic N) is 2. The van der Waals surface area contributed by atoms with Crippen molar-refractivity contribution in [3.63, 3.8) is 0 Å². The molecular formula is C15H18Br2ClN3. The number of rotatable bonds is 5. The molecule has 3 nitrogen and oxygen atoms in total. The maximum absolute atomic E-state index is 6.18. The first-order chi connectivity index (χ1) is 9.92. The summed E-state index contributed by atoms with van der Waals surface area (Å²) in [6.07, 6.45) is 0.846. The first kappa shape index (κ1) is 17.0. The van der Waals surface area contributed by atoms with Crippen molar-refractivity contribution >= 4 is 43.5 Å². The Morgan fingerprint density at radius 2 is 2.05 bits per heavy atom. The number of aromatic nitrogens is 2. The number of hydrogen-bond donors (Lipinski definition) is 1. The zero-order chi connectivity index (χ0) is 15.6. The fraction of sp³-hybridized carbons (Fsp3) is 0.400. The van der Waals surface area contributed by atoms with Crippen molar-refractivity contribution in [1.82, 2.24) is 15.1 Å². The third-order valence-electron chi connectivity index (χ3n) is 3.40. The molecule has 2 aromatic rings. The highest BCUT2D eigenvalue weighted by atomic mass is 79.9. The first-order valence-corrected chi connectivity index (χ1v) is 8.76. The molecule has 0 fully saturated rings. The molecule has 0 amide bonds. The van der Waals surface area contributed by atoms with Crippen molar-refractivity contribution in [2.45, 2.75) is 26.3 Å². The molecule has 1 aromatic heterocycles. The summed E-state index contributed by atoms with van der Waals surface area (Å²) in [4.78, 5) is 0. The predicted octanol–water partition coefficient (Wildman–Crippen LogP) is 4.80. The van der Waals surface area contributed by atoms with Crippen LogP contribution in [0.2, 0.25) is 5.02 Å². The number of hydrogen-bond acceptors (Lipinski definition) is 2. The molecule has 114 valence electrons. The Morgan fingerprint density at radius 1 is 1.33 bits per heavy atom. The van der Waals surface area contributed by atoms with Crippen LogP contribution < -0.4 is 5.32 Å². The van der Waals surface area contributed by atoms with E-state index in [2.05, 4.69) is 55.3 Å². The van der Waals surface area contributed by atoms with Gasteiger partial charge in [0.15, 0.2) is 0 Å². The van der Waals surface area contributed by atoms with Gasteiger partial charge in [-0.3, -0.25) is 4.68 Å². The molecular weight excluding hydrogens is 417 g/mol. The molecule has 0 spiro atoms. The van der Waals surface area contributed by atoms with E-state index in [1.54, 1.807) is 0 Å².